The van der Waals surface area contributed by atoms with Crippen molar-refractivity contribution in [3.63, 3.8) is 0 Å². The quantitative estimate of drug-likeness (QED) is 0.823. The zero-order chi connectivity index (χ0) is 13.1. The van der Waals surface area contributed by atoms with Crippen molar-refractivity contribution in [2.45, 2.75) is 17.9 Å². The highest BCUT2D eigenvalue weighted by molar-refractivity contribution is 7.89. The molecule has 1 rings (SSSR count). The third kappa shape index (κ3) is 3.15. The molecule has 1 unspecified atom stereocenters. The van der Waals surface area contributed by atoms with Crippen LogP contribution >= 0.6 is 0 Å². The molecule has 1 aromatic heterocycles. The summed E-state index contributed by atoms with van der Waals surface area (Å²) < 4.78 is 30.6. The molecule has 0 saturated carbocycles. The van der Waals surface area contributed by atoms with Crippen molar-refractivity contribution in [1.82, 2.24) is 9.29 Å². The van der Waals surface area contributed by atoms with Crippen LogP contribution in [0.4, 0.5) is 5.82 Å². The van der Waals surface area contributed by atoms with E-state index in [9.17, 15) is 8.42 Å². The topological polar surface area (TPSA) is 85.5 Å². The van der Waals surface area contributed by atoms with Gasteiger partial charge in [-0.25, -0.2) is 13.4 Å². The summed E-state index contributed by atoms with van der Waals surface area (Å²) in [6.07, 6.45) is 1.37. The van der Waals surface area contributed by atoms with Crippen molar-refractivity contribution in [3.05, 3.63) is 18.3 Å². The summed E-state index contributed by atoms with van der Waals surface area (Å²) in [5.74, 6) is 0.180. The Bertz CT molecular complexity index is 475. The molecule has 96 valence electrons. The van der Waals surface area contributed by atoms with Gasteiger partial charge in [0.05, 0.1) is 11.5 Å². The Labute approximate surface area is 101 Å². The van der Waals surface area contributed by atoms with Crippen molar-refractivity contribution in [1.29, 1.82) is 0 Å². The number of sulfonamides is 1. The van der Waals surface area contributed by atoms with Crippen LogP contribution in [0.3, 0.4) is 0 Å². The van der Waals surface area contributed by atoms with E-state index >= 15 is 0 Å². The van der Waals surface area contributed by atoms with Gasteiger partial charge in [0.1, 0.15) is 5.82 Å². The molecule has 6 nitrogen and oxygen atoms in total. The molecular formula is C10H17N3O3S. The van der Waals surface area contributed by atoms with Crippen molar-refractivity contribution in [2.24, 2.45) is 0 Å². The highest BCUT2D eigenvalue weighted by Gasteiger charge is 2.25. The number of nitrogens with two attached hydrogens (primary N) is 1. The predicted molar refractivity (Wildman–Crippen MR) is 64.9 cm³/mol. The molecule has 1 aromatic rings. The number of hydrogen-bond acceptors (Lipinski definition) is 5. The SMILES string of the molecule is COCC(C)N(C)S(=O)(=O)c1ccnc(N)c1. The normalized spacial score (nSPS) is 13.9. The van der Waals surface area contributed by atoms with Crippen LogP contribution in [-0.2, 0) is 14.8 Å². The number of methoxy groups -OCH3 is 1. The predicted octanol–water partition coefficient (Wildman–Crippen LogP) is 0.319. The molecule has 0 fully saturated rings. The maximum absolute atomic E-state index is 12.2. The summed E-state index contributed by atoms with van der Waals surface area (Å²) in [6.45, 7) is 2.10. The molecule has 0 spiro atoms. The van der Waals surface area contributed by atoms with Gasteiger partial charge >= 0.3 is 0 Å². The summed E-state index contributed by atoms with van der Waals surface area (Å²) in [7, 11) is -0.511. The Morgan fingerprint density at radius 3 is 2.76 bits per heavy atom. The van der Waals surface area contributed by atoms with E-state index in [2.05, 4.69) is 4.98 Å². The zero-order valence-electron chi connectivity index (χ0n) is 10.1. The lowest BCUT2D eigenvalue weighted by Gasteiger charge is -2.23. The second-order valence-corrected chi connectivity index (χ2v) is 5.74. The van der Waals surface area contributed by atoms with Crippen LogP contribution in [0.5, 0.6) is 0 Å². The second-order valence-electron chi connectivity index (χ2n) is 3.74. The Hall–Kier alpha value is -1.18. The lowest BCUT2D eigenvalue weighted by Crippen LogP contribution is -2.37. The minimum atomic E-state index is -3.55. The van der Waals surface area contributed by atoms with E-state index < -0.39 is 10.0 Å². The number of ether oxygens (including phenoxy) is 1. The smallest absolute Gasteiger partial charge is 0.243 e. The van der Waals surface area contributed by atoms with Gasteiger partial charge in [-0.05, 0) is 13.0 Å². The maximum atomic E-state index is 12.2. The molecule has 0 radical (unpaired) electrons. The van der Waals surface area contributed by atoms with Crippen molar-refractivity contribution >= 4 is 15.8 Å². The fourth-order valence-electron chi connectivity index (χ4n) is 1.34. The monoisotopic (exact) mass is 259 g/mol. The zero-order valence-corrected chi connectivity index (χ0v) is 10.9. The lowest BCUT2D eigenvalue weighted by atomic mass is 10.4. The molecule has 1 heterocycles. The molecule has 17 heavy (non-hydrogen) atoms. The first kappa shape index (κ1) is 13.9. The van der Waals surface area contributed by atoms with E-state index in [0.29, 0.717) is 6.61 Å². The van der Waals surface area contributed by atoms with Crippen molar-refractivity contribution < 1.29 is 13.2 Å². The minimum absolute atomic E-state index is 0.135. The first-order valence-corrected chi connectivity index (χ1v) is 6.52. The molecule has 0 bridgehead atoms. The van der Waals surface area contributed by atoms with Gasteiger partial charge in [0.2, 0.25) is 10.0 Å². The average molecular weight is 259 g/mol. The number of hydrogen-bond donors (Lipinski definition) is 1. The molecular weight excluding hydrogens is 242 g/mol. The van der Waals surface area contributed by atoms with E-state index in [1.165, 1.54) is 36.8 Å². The van der Waals surface area contributed by atoms with Gasteiger partial charge in [-0.3, -0.25) is 0 Å². The molecule has 0 amide bonds. The van der Waals surface area contributed by atoms with E-state index in [1.807, 2.05) is 0 Å². The summed E-state index contributed by atoms with van der Waals surface area (Å²) in [5.41, 5.74) is 5.47. The van der Waals surface area contributed by atoms with Crippen LogP contribution < -0.4 is 5.73 Å². The lowest BCUT2D eigenvalue weighted by molar-refractivity contribution is 0.149. The van der Waals surface area contributed by atoms with Gasteiger partial charge in [0.15, 0.2) is 0 Å². The Balaban J connectivity index is 3.03. The fourth-order valence-corrected chi connectivity index (χ4v) is 2.71. The van der Waals surface area contributed by atoms with Gasteiger partial charge in [-0.2, -0.15) is 4.31 Å². The van der Waals surface area contributed by atoms with E-state index in [-0.39, 0.29) is 16.8 Å². The van der Waals surface area contributed by atoms with Crippen LogP contribution in [0.2, 0.25) is 0 Å². The number of nitrogens with zero attached hydrogens (tertiary/aromatic N) is 2. The standard InChI is InChI=1S/C10H17N3O3S/c1-8(7-16-3)13(2)17(14,15)9-4-5-12-10(11)6-9/h4-6,8H,7H2,1-3H3,(H2,11,12). The molecule has 0 saturated heterocycles. The molecule has 0 aliphatic carbocycles. The van der Waals surface area contributed by atoms with E-state index in [4.69, 9.17) is 10.5 Å². The Kier molecular flexibility index (Phi) is 4.44. The number of nitrogen functional groups attached to an aromatic ring is 1. The molecule has 0 aliphatic rings. The third-order valence-electron chi connectivity index (χ3n) is 2.46. The summed E-state index contributed by atoms with van der Waals surface area (Å²) >= 11 is 0. The highest BCUT2D eigenvalue weighted by Crippen LogP contribution is 2.17. The van der Waals surface area contributed by atoms with Crippen molar-refractivity contribution in [3.8, 4) is 0 Å². The molecule has 2 N–H and O–H groups in total. The van der Waals surface area contributed by atoms with Crippen LogP contribution in [0.25, 0.3) is 0 Å². The maximum Gasteiger partial charge on any atom is 0.243 e. The van der Waals surface area contributed by atoms with Crippen LogP contribution in [0.1, 0.15) is 6.92 Å². The van der Waals surface area contributed by atoms with Crippen LogP contribution in [-0.4, -0.2) is 44.5 Å². The molecule has 1 atom stereocenters. The third-order valence-corrected chi connectivity index (χ3v) is 4.43. The molecule has 7 heteroatoms. The molecule has 0 aliphatic heterocycles. The van der Waals surface area contributed by atoms with Crippen molar-refractivity contribution in [2.75, 3.05) is 26.5 Å². The van der Waals surface area contributed by atoms with Gasteiger partial charge in [-0.1, -0.05) is 0 Å². The first-order chi connectivity index (χ1) is 7.89. The Morgan fingerprint density at radius 2 is 2.24 bits per heavy atom. The first-order valence-electron chi connectivity index (χ1n) is 5.08. The van der Waals surface area contributed by atoms with Gasteiger partial charge in [-0.15, -0.1) is 0 Å². The summed E-state index contributed by atoms with van der Waals surface area (Å²) in [5, 5.41) is 0. The second kappa shape index (κ2) is 5.44. The minimum Gasteiger partial charge on any atom is -0.384 e. The van der Waals surface area contributed by atoms with Crippen LogP contribution in [0.15, 0.2) is 23.2 Å². The fraction of sp³-hybridized carbons (Fsp3) is 0.500. The van der Waals surface area contributed by atoms with E-state index in [1.54, 1.807) is 6.92 Å². The van der Waals surface area contributed by atoms with Gasteiger partial charge in [0, 0.05) is 32.5 Å². The number of pyridine rings is 1. The highest BCUT2D eigenvalue weighted by atomic mass is 32.2. The average Bonchev–Trinajstić information content (AvgIpc) is 2.28. The van der Waals surface area contributed by atoms with E-state index in [0.717, 1.165) is 0 Å². The Morgan fingerprint density at radius 1 is 1.59 bits per heavy atom. The van der Waals surface area contributed by atoms with Gasteiger partial charge < -0.3 is 10.5 Å². The summed E-state index contributed by atoms with van der Waals surface area (Å²) in [6, 6.07) is 2.51. The van der Waals surface area contributed by atoms with Crippen LogP contribution in [0, 0.1) is 0 Å². The largest absolute Gasteiger partial charge is 0.384 e. The number of likely N-dealkylation sites (N-methyl/N-ethyl adjacent to an activating group) is 1. The summed E-state index contributed by atoms with van der Waals surface area (Å²) in [4.78, 5) is 3.90. The number of rotatable bonds is 5. The molecule has 0 aromatic carbocycles. The number of aromatic nitrogens is 1. The van der Waals surface area contributed by atoms with Gasteiger partial charge in [0.25, 0.3) is 0 Å². The number of anilines is 1.